The third kappa shape index (κ3) is 3.55. The molecule has 0 unspecified atom stereocenters. The van der Waals surface area contributed by atoms with Gasteiger partial charge in [0.1, 0.15) is 11.6 Å². The van der Waals surface area contributed by atoms with E-state index in [9.17, 15) is 23.3 Å². The summed E-state index contributed by atoms with van der Waals surface area (Å²) in [6, 6.07) is 5.89. The van der Waals surface area contributed by atoms with Crippen LogP contribution >= 0.6 is 0 Å². The van der Waals surface area contributed by atoms with Gasteiger partial charge in [0, 0.05) is 12.1 Å². The SMILES string of the molecule is Nc1cc(Oc2cccc([N+](=O)[O-])c2)nc(C(F)(F)F)n1. The molecule has 2 N–H and O–H groups in total. The molecule has 10 heteroatoms. The topological polar surface area (TPSA) is 104 Å². The number of rotatable bonds is 3. The van der Waals surface area contributed by atoms with Crippen molar-refractivity contribution in [2.24, 2.45) is 0 Å². The van der Waals surface area contributed by atoms with Crippen molar-refractivity contribution >= 4 is 11.5 Å². The van der Waals surface area contributed by atoms with Gasteiger partial charge < -0.3 is 10.5 Å². The molecule has 21 heavy (non-hydrogen) atoms. The molecule has 0 amide bonds. The summed E-state index contributed by atoms with van der Waals surface area (Å²) in [5.41, 5.74) is 4.98. The van der Waals surface area contributed by atoms with Crippen molar-refractivity contribution in [1.82, 2.24) is 9.97 Å². The second-order valence-corrected chi connectivity index (χ2v) is 3.81. The minimum Gasteiger partial charge on any atom is -0.439 e. The Morgan fingerprint density at radius 2 is 1.95 bits per heavy atom. The summed E-state index contributed by atoms with van der Waals surface area (Å²) in [7, 11) is 0. The average molecular weight is 300 g/mol. The third-order valence-corrected chi connectivity index (χ3v) is 2.23. The van der Waals surface area contributed by atoms with Gasteiger partial charge in [-0.15, -0.1) is 0 Å². The number of nitrogen functional groups attached to an aromatic ring is 1. The number of hydrogen-bond acceptors (Lipinski definition) is 6. The Hall–Kier alpha value is -2.91. The molecule has 0 aliphatic rings. The lowest BCUT2D eigenvalue weighted by atomic mass is 10.3. The number of nitrogens with zero attached hydrogens (tertiary/aromatic N) is 3. The Morgan fingerprint density at radius 1 is 1.24 bits per heavy atom. The number of nitro benzene ring substituents is 1. The summed E-state index contributed by atoms with van der Waals surface area (Å²) in [6.07, 6.45) is -4.78. The normalized spacial score (nSPS) is 11.2. The Balaban J connectivity index is 2.33. The predicted molar refractivity (Wildman–Crippen MR) is 64.6 cm³/mol. The standard InChI is InChI=1S/C11H7F3N4O3/c12-11(13,14)10-16-8(15)5-9(17-10)21-7-3-1-2-6(4-7)18(19)20/h1-5H,(H2,15,16,17). The van der Waals surface area contributed by atoms with E-state index in [-0.39, 0.29) is 11.4 Å². The first-order valence-corrected chi connectivity index (χ1v) is 5.40. The quantitative estimate of drug-likeness (QED) is 0.690. The molecule has 0 spiro atoms. The molecular weight excluding hydrogens is 293 g/mol. The van der Waals surface area contributed by atoms with Crippen LogP contribution in [-0.4, -0.2) is 14.9 Å². The molecule has 2 rings (SSSR count). The zero-order chi connectivity index (χ0) is 15.6. The van der Waals surface area contributed by atoms with Crippen LogP contribution in [0.15, 0.2) is 30.3 Å². The average Bonchev–Trinajstić information content (AvgIpc) is 2.37. The van der Waals surface area contributed by atoms with E-state index in [0.29, 0.717) is 0 Å². The van der Waals surface area contributed by atoms with Crippen LogP contribution in [-0.2, 0) is 6.18 Å². The zero-order valence-corrected chi connectivity index (χ0v) is 10.2. The van der Waals surface area contributed by atoms with Gasteiger partial charge in [-0.1, -0.05) is 6.07 Å². The number of anilines is 1. The number of ether oxygens (including phenoxy) is 1. The lowest BCUT2D eigenvalue weighted by Crippen LogP contribution is -2.12. The molecule has 1 aromatic heterocycles. The minimum atomic E-state index is -4.78. The molecule has 0 bridgehead atoms. The lowest BCUT2D eigenvalue weighted by molar-refractivity contribution is -0.384. The zero-order valence-electron chi connectivity index (χ0n) is 10.2. The smallest absolute Gasteiger partial charge is 0.439 e. The molecule has 0 aliphatic heterocycles. The van der Waals surface area contributed by atoms with Crippen molar-refractivity contribution < 1.29 is 22.8 Å². The van der Waals surface area contributed by atoms with Gasteiger partial charge in [0.2, 0.25) is 11.7 Å². The van der Waals surface area contributed by atoms with Crippen LogP contribution in [0.1, 0.15) is 5.82 Å². The highest BCUT2D eigenvalue weighted by Crippen LogP contribution is 2.30. The first-order chi connectivity index (χ1) is 9.75. The van der Waals surface area contributed by atoms with Gasteiger partial charge >= 0.3 is 6.18 Å². The third-order valence-electron chi connectivity index (χ3n) is 2.23. The summed E-state index contributed by atoms with van der Waals surface area (Å²) >= 11 is 0. The summed E-state index contributed by atoms with van der Waals surface area (Å²) in [4.78, 5) is 16.1. The number of alkyl halides is 3. The number of non-ortho nitro benzene ring substituents is 1. The Kier molecular flexibility index (Phi) is 3.61. The van der Waals surface area contributed by atoms with E-state index in [1.165, 1.54) is 18.2 Å². The molecule has 2 aromatic rings. The van der Waals surface area contributed by atoms with E-state index in [1.807, 2.05) is 0 Å². The number of benzene rings is 1. The highest BCUT2D eigenvalue weighted by atomic mass is 19.4. The molecule has 0 aliphatic carbocycles. The highest BCUT2D eigenvalue weighted by Gasteiger charge is 2.35. The second kappa shape index (κ2) is 5.23. The minimum absolute atomic E-state index is 0.0459. The molecule has 0 saturated heterocycles. The summed E-state index contributed by atoms with van der Waals surface area (Å²) < 4.78 is 42.6. The van der Waals surface area contributed by atoms with Crippen molar-refractivity contribution in [1.29, 1.82) is 0 Å². The molecule has 0 radical (unpaired) electrons. The van der Waals surface area contributed by atoms with Crippen LogP contribution in [0.2, 0.25) is 0 Å². The van der Waals surface area contributed by atoms with Gasteiger partial charge in [-0.3, -0.25) is 10.1 Å². The molecule has 0 fully saturated rings. The Morgan fingerprint density at radius 3 is 2.57 bits per heavy atom. The van der Waals surface area contributed by atoms with Crippen LogP contribution < -0.4 is 10.5 Å². The van der Waals surface area contributed by atoms with Crippen molar-refractivity contribution in [3.63, 3.8) is 0 Å². The van der Waals surface area contributed by atoms with E-state index < -0.39 is 28.6 Å². The maximum absolute atomic E-state index is 12.5. The van der Waals surface area contributed by atoms with E-state index in [2.05, 4.69) is 9.97 Å². The number of nitro groups is 1. The fraction of sp³-hybridized carbons (Fsp3) is 0.0909. The van der Waals surface area contributed by atoms with Crippen LogP contribution in [0.3, 0.4) is 0 Å². The first-order valence-electron chi connectivity index (χ1n) is 5.40. The summed E-state index contributed by atoms with van der Waals surface area (Å²) in [5.74, 6) is -2.40. The van der Waals surface area contributed by atoms with Gasteiger partial charge in [-0.25, -0.2) is 4.98 Å². The van der Waals surface area contributed by atoms with Gasteiger partial charge in [0.25, 0.3) is 5.69 Å². The fourth-order valence-corrected chi connectivity index (χ4v) is 1.40. The Bertz CT molecular complexity index is 691. The highest BCUT2D eigenvalue weighted by molar-refractivity contribution is 5.41. The van der Waals surface area contributed by atoms with Crippen LogP contribution in [0.4, 0.5) is 24.7 Å². The van der Waals surface area contributed by atoms with Gasteiger partial charge in [0.15, 0.2) is 0 Å². The fourth-order valence-electron chi connectivity index (χ4n) is 1.40. The van der Waals surface area contributed by atoms with E-state index in [1.54, 1.807) is 0 Å². The van der Waals surface area contributed by atoms with Crippen molar-refractivity contribution in [3.05, 3.63) is 46.3 Å². The maximum Gasteiger partial charge on any atom is 0.451 e. The first kappa shape index (κ1) is 14.5. The second-order valence-electron chi connectivity index (χ2n) is 3.81. The van der Waals surface area contributed by atoms with Crippen LogP contribution in [0.25, 0.3) is 0 Å². The van der Waals surface area contributed by atoms with Crippen molar-refractivity contribution in [2.75, 3.05) is 5.73 Å². The number of aromatic nitrogens is 2. The van der Waals surface area contributed by atoms with Crippen molar-refractivity contribution in [2.45, 2.75) is 6.18 Å². The summed E-state index contributed by atoms with van der Waals surface area (Å²) in [5, 5.41) is 10.6. The van der Waals surface area contributed by atoms with Gasteiger partial charge in [0.05, 0.1) is 11.0 Å². The summed E-state index contributed by atoms with van der Waals surface area (Å²) in [6.45, 7) is 0. The van der Waals surface area contributed by atoms with E-state index in [0.717, 1.165) is 12.1 Å². The molecular formula is C11H7F3N4O3. The molecule has 0 saturated carbocycles. The Labute approximate surface area is 115 Å². The van der Waals surface area contributed by atoms with E-state index >= 15 is 0 Å². The lowest BCUT2D eigenvalue weighted by Gasteiger charge is -2.09. The maximum atomic E-state index is 12.5. The molecule has 1 aromatic carbocycles. The van der Waals surface area contributed by atoms with Crippen LogP contribution in [0.5, 0.6) is 11.6 Å². The predicted octanol–water partition coefficient (Wildman–Crippen LogP) is 2.78. The van der Waals surface area contributed by atoms with E-state index in [4.69, 9.17) is 10.5 Å². The molecule has 110 valence electrons. The number of halogens is 3. The van der Waals surface area contributed by atoms with Gasteiger partial charge in [-0.2, -0.15) is 18.2 Å². The number of nitrogens with two attached hydrogens (primary N) is 1. The molecule has 7 nitrogen and oxygen atoms in total. The van der Waals surface area contributed by atoms with Crippen LogP contribution in [0, 0.1) is 10.1 Å². The molecule has 0 atom stereocenters. The number of hydrogen-bond donors (Lipinski definition) is 1. The molecule has 1 heterocycles. The largest absolute Gasteiger partial charge is 0.451 e. The monoisotopic (exact) mass is 300 g/mol. The van der Waals surface area contributed by atoms with Crippen molar-refractivity contribution in [3.8, 4) is 11.6 Å². The van der Waals surface area contributed by atoms with Gasteiger partial charge in [-0.05, 0) is 6.07 Å².